The fourth-order valence-corrected chi connectivity index (χ4v) is 2.66. The molecular formula is C11H8Cl2N2O. The van der Waals surface area contributed by atoms with Crippen molar-refractivity contribution in [2.24, 2.45) is 0 Å². The van der Waals surface area contributed by atoms with Gasteiger partial charge in [0.15, 0.2) is 0 Å². The zero-order chi connectivity index (χ0) is 11.3. The van der Waals surface area contributed by atoms with Crippen molar-refractivity contribution in [1.82, 2.24) is 10.3 Å². The van der Waals surface area contributed by atoms with Gasteiger partial charge in [-0.3, -0.25) is 4.79 Å². The minimum absolute atomic E-state index is 0.0790. The molecule has 1 amide bonds. The monoisotopic (exact) mass is 254 g/mol. The van der Waals surface area contributed by atoms with Crippen molar-refractivity contribution in [2.45, 2.75) is 6.42 Å². The first-order valence-corrected chi connectivity index (χ1v) is 5.70. The number of amides is 1. The van der Waals surface area contributed by atoms with E-state index in [1.165, 1.54) is 0 Å². The first kappa shape index (κ1) is 10.00. The van der Waals surface area contributed by atoms with Crippen LogP contribution in [0, 0.1) is 0 Å². The number of benzene rings is 1. The molecule has 0 bridgehead atoms. The van der Waals surface area contributed by atoms with Crippen LogP contribution in [0.25, 0.3) is 10.9 Å². The molecule has 1 aromatic carbocycles. The number of hydrogen-bond donors (Lipinski definition) is 2. The minimum atomic E-state index is -0.0790. The van der Waals surface area contributed by atoms with E-state index in [2.05, 4.69) is 10.3 Å². The molecule has 3 nitrogen and oxygen atoms in total. The van der Waals surface area contributed by atoms with E-state index in [4.69, 9.17) is 23.2 Å². The average Bonchev–Trinajstić information content (AvgIpc) is 2.59. The van der Waals surface area contributed by atoms with Crippen molar-refractivity contribution in [2.75, 3.05) is 6.54 Å². The zero-order valence-corrected chi connectivity index (χ0v) is 9.74. The molecule has 3 rings (SSSR count). The second-order valence-corrected chi connectivity index (χ2v) is 4.64. The molecule has 5 heteroatoms. The van der Waals surface area contributed by atoms with Crippen molar-refractivity contribution < 1.29 is 4.79 Å². The first-order valence-electron chi connectivity index (χ1n) is 4.94. The Hall–Kier alpha value is -1.19. The highest BCUT2D eigenvalue weighted by molar-refractivity contribution is 6.38. The maximum atomic E-state index is 11.6. The van der Waals surface area contributed by atoms with Crippen molar-refractivity contribution in [3.63, 3.8) is 0 Å². The lowest BCUT2D eigenvalue weighted by molar-refractivity contribution is 0.0942. The Bertz CT molecular complexity index is 604. The van der Waals surface area contributed by atoms with Crippen LogP contribution in [0.1, 0.15) is 16.1 Å². The van der Waals surface area contributed by atoms with Crippen molar-refractivity contribution in [3.05, 3.63) is 33.4 Å². The summed E-state index contributed by atoms with van der Waals surface area (Å²) in [6.07, 6.45) is 0.803. The van der Waals surface area contributed by atoms with Crippen LogP contribution in [0.4, 0.5) is 0 Å². The third-order valence-electron chi connectivity index (χ3n) is 2.82. The Balaban J connectivity index is 2.40. The summed E-state index contributed by atoms with van der Waals surface area (Å²) < 4.78 is 0. The summed E-state index contributed by atoms with van der Waals surface area (Å²) in [4.78, 5) is 14.7. The first-order chi connectivity index (χ1) is 7.66. The van der Waals surface area contributed by atoms with Gasteiger partial charge in [-0.25, -0.2) is 0 Å². The molecule has 1 aliphatic rings. The van der Waals surface area contributed by atoms with Gasteiger partial charge in [0.25, 0.3) is 5.91 Å². The molecule has 1 aromatic heterocycles. The van der Waals surface area contributed by atoms with E-state index >= 15 is 0 Å². The predicted octanol–water partition coefficient (Wildman–Crippen LogP) is 2.76. The van der Waals surface area contributed by atoms with Crippen LogP contribution in [-0.4, -0.2) is 17.4 Å². The SMILES string of the molecule is O=C1NCCc2c1[nH]c1c(Cl)cc(Cl)cc21. The molecule has 0 radical (unpaired) electrons. The number of aromatic nitrogens is 1. The van der Waals surface area contributed by atoms with Crippen molar-refractivity contribution >= 4 is 40.0 Å². The number of nitrogens with one attached hydrogen (secondary N) is 2. The van der Waals surface area contributed by atoms with Gasteiger partial charge < -0.3 is 10.3 Å². The molecule has 2 heterocycles. The number of hydrogen-bond acceptors (Lipinski definition) is 1. The van der Waals surface area contributed by atoms with Crippen LogP contribution in [0.15, 0.2) is 12.1 Å². The van der Waals surface area contributed by atoms with E-state index in [0.29, 0.717) is 22.3 Å². The van der Waals surface area contributed by atoms with E-state index in [1.54, 1.807) is 6.07 Å². The maximum absolute atomic E-state index is 11.6. The summed E-state index contributed by atoms with van der Waals surface area (Å²) in [5.41, 5.74) is 2.39. The number of carbonyl (C=O) groups excluding carboxylic acids is 1. The second-order valence-electron chi connectivity index (χ2n) is 3.79. The summed E-state index contributed by atoms with van der Waals surface area (Å²) in [7, 11) is 0. The fraction of sp³-hybridized carbons (Fsp3) is 0.182. The van der Waals surface area contributed by atoms with Gasteiger partial charge in [0, 0.05) is 17.0 Å². The third kappa shape index (κ3) is 1.32. The summed E-state index contributed by atoms with van der Waals surface area (Å²) in [5, 5.41) is 4.87. The molecule has 16 heavy (non-hydrogen) atoms. The summed E-state index contributed by atoms with van der Waals surface area (Å²) in [6, 6.07) is 3.52. The predicted molar refractivity (Wildman–Crippen MR) is 64.4 cm³/mol. The molecule has 0 spiro atoms. The standard InChI is InChI=1S/C11H8Cl2N2O/c12-5-3-7-6-1-2-14-11(16)10(6)15-9(7)8(13)4-5/h3-4,15H,1-2H2,(H,14,16). The average molecular weight is 255 g/mol. The van der Waals surface area contributed by atoms with Crippen LogP contribution >= 0.6 is 23.2 Å². The molecule has 0 fully saturated rings. The maximum Gasteiger partial charge on any atom is 0.268 e. The summed E-state index contributed by atoms with van der Waals surface area (Å²) in [6.45, 7) is 0.656. The number of rotatable bonds is 0. The molecule has 1 aliphatic heterocycles. The number of carbonyl (C=O) groups is 1. The quantitative estimate of drug-likeness (QED) is 0.746. The normalized spacial score (nSPS) is 15.0. The summed E-state index contributed by atoms with van der Waals surface area (Å²) >= 11 is 12.0. The van der Waals surface area contributed by atoms with Crippen molar-refractivity contribution in [3.8, 4) is 0 Å². The molecule has 0 unspecified atom stereocenters. The molecule has 0 saturated heterocycles. The molecule has 82 valence electrons. The molecule has 0 aliphatic carbocycles. The van der Waals surface area contributed by atoms with E-state index in [9.17, 15) is 4.79 Å². The molecule has 0 saturated carbocycles. The lowest BCUT2D eigenvalue weighted by Crippen LogP contribution is -2.31. The van der Waals surface area contributed by atoms with Gasteiger partial charge >= 0.3 is 0 Å². The highest BCUT2D eigenvalue weighted by atomic mass is 35.5. The van der Waals surface area contributed by atoms with Gasteiger partial charge in [0.1, 0.15) is 5.69 Å². The van der Waals surface area contributed by atoms with Crippen LogP contribution in [0.3, 0.4) is 0 Å². The molecular weight excluding hydrogens is 247 g/mol. The molecule has 2 N–H and O–H groups in total. The highest BCUT2D eigenvalue weighted by Gasteiger charge is 2.22. The van der Waals surface area contributed by atoms with Crippen LogP contribution in [-0.2, 0) is 6.42 Å². The van der Waals surface area contributed by atoms with Gasteiger partial charge in [-0.1, -0.05) is 23.2 Å². The Morgan fingerprint density at radius 1 is 1.25 bits per heavy atom. The molecule has 2 aromatic rings. The summed E-state index contributed by atoms with van der Waals surface area (Å²) in [5.74, 6) is -0.0790. The van der Waals surface area contributed by atoms with Gasteiger partial charge in [0.05, 0.1) is 10.5 Å². The van der Waals surface area contributed by atoms with E-state index < -0.39 is 0 Å². The number of H-pyrrole nitrogens is 1. The van der Waals surface area contributed by atoms with Gasteiger partial charge in [-0.2, -0.15) is 0 Å². The van der Waals surface area contributed by atoms with Crippen LogP contribution in [0.2, 0.25) is 10.0 Å². The van der Waals surface area contributed by atoms with Crippen LogP contribution < -0.4 is 5.32 Å². The largest absolute Gasteiger partial charge is 0.350 e. The number of aromatic amines is 1. The minimum Gasteiger partial charge on any atom is -0.350 e. The highest BCUT2D eigenvalue weighted by Crippen LogP contribution is 2.32. The zero-order valence-electron chi connectivity index (χ0n) is 8.23. The Labute approximate surface area is 102 Å². The van der Waals surface area contributed by atoms with Gasteiger partial charge in [0.2, 0.25) is 0 Å². The van der Waals surface area contributed by atoms with E-state index in [0.717, 1.165) is 22.9 Å². The van der Waals surface area contributed by atoms with E-state index in [-0.39, 0.29) is 5.91 Å². The van der Waals surface area contributed by atoms with Crippen LogP contribution in [0.5, 0.6) is 0 Å². The Morgan fingerprint density at radius 2 is 2.06 bits per heavy atom. The van der Waals surface area contributed by atoms with Crippen molar-refractivity contribution in [1.29, 1.82) is 0 Å². The lowest BCUT2D eigenvalue weighted by atomic mass is 10.0. The topological polar surface area (TPSA) is 44.9 Å². The molecule has 0 atom stereocenters. The third-order valence-corrected chi connectivity index (χ3v) is 3.34. The number of fused-ring (bicyclic) bond motifs is 3. The van der Waals surface area contributed by atoms with Gasteiger partial charge in [-0.05, 0) is 24.1 Å². The second kappa shape index (κ2) is 3.40. The Morgan fingerprint density at radius 3 is 2.88 bits per heavy atom. The van der Waals surface area contributed by atoms with Gasteiger partial charge in [-0.15, -0.1) is 0 Å². The number of halogens is 2. The van der Waals surface area contributed by atoms with E-state index in [1.807, 2.05) is 6.07 Å². The fourth-order valence-electron chi connectivity index (χ4n) is 2.12. The Kier molecular flexibility index (Phi) is 2.13. The smallest absolute Gasteiger partial charge is 0.268 e. The lowest BCUT2D eigenvalue weighted by Gasteiger charge is -2.11.